The summed E-state index contributed by atoms with van der Waals surface area (Å²) in [6, 6.07) is 7.58. The normalized spacial score (nSPS) is 17.0. The van der Waals surface area contributed by atoms with Gasteiger partial charge in [-0.2, -0.15) is 0 Å². The zero-order valence-electron chi connectivity index (χ0n) is 12.7. The van der Waals surface area contributed by atoms with Crippen LogP contribution in [0.3, 0.4) is 0 Å². The first-order chi connectivity index (χ1) is 10.9. The molecule has 1 fully saturated rings. The van der Waals surface area contributed by atoms with Gasteiger partial charge in [-0.3, -0.25) is 4.79 Å². The smallest absolute Gasteiger partial charge is 0.335 e. The number of rotatable bonds is 6. The van der Waals surface area contributed by atoms with E-state index in [9.17, 15) is 14.7 Å². The molecule has 1 aromatic carbocycles. The molecular weight excluding hydrogens is 338 g/mol. The lowest BCUT2D eigenvalue weighted by Gasteiger charge is -2.35. The molecule has 7 heteroatoms. The fourth-order valence-electron chi connectivity index (χ4n) is 2.44. The summed E-state index contributed by atoms with van der Waals surface area (Å²) in [5, 5.41) is 19.5. The summed E-state index contributed by atoms with van der Waals surface area (Å²) in [7, 11) is 0. The Kier molecular flexibility index (Phi) is 6.33. The Morgan fingerprint density at radius 1 is 1.22 bits per heavy atom. The second-order valence-corrected chi connectivity index (χ2v) is 7.23. The number of piperidine rings is 1. The Labute approximate surface area is 144 Å². The predicted molar refractivity (Wildman–Crippen MR) is 89.8 cm³/mol. The quantitative estimate of drug-likeness (QED) is 0.604. The summed E-state index contributed by atoms with van der Waals surface area (Å²) in [5.41, 5.74) is -1.68. The third-order valence-electron chi connectivity index (χ3n) is 3.96. The van der Waals surface area contributed by atoms with E-state index in [1.54, 1.807) is 16.7 Å². The van der Waals surface area contributed by atoms with Crippen molar-refractivity contribution in [1.82, 2.24) is 4.90 Å². The Morgan fingerprint density at radius 3 is 2.39 bits per heavy atom. The molecule has 0 saturated carbocycles. The summed E-state index contributed by atoms with van der Waals surface area (Å²) in [4.78, 5) is 25.8. The highest BCUT2D eigenvalue weighted by Gasteiger charge is 2.40. The number of carbonyl (C=O) groups is 2. The fourth-order valence-corrected chi connectivity index (χ4v) is 3.42. The largest absolute Gasteiger partial charge is 0.479 e. The molecule has 1 aliphatic rings. The van der Waals surface area contributed by atoms with E-state index >= 15 is 0 Å². The van der Waals surface area contributed by atoms with Gasteiger partial charge in [0.05, 0.1) is 0 Å². The zero-order valence-corrected chi connectivity index (χ0v) is 14.3. The molecule has 0 aromatic heterocycles. The molecule has 1 aromatic rings. The van der Waals surface area contributed by atoms with Crippen LogP contribution in [0.1, 0.15) is 25.7 Å². The maximum absolute atomic E-state index is 12.1. The van der Waals surface area contributed by atoms with Crippen LogP contribution in [-0.2, 0) is 9.59 Å². The molecule has 23 heavy (non-hydrogen) atoms. The summed E-state index contributed by atoms with van der Waals surface area (Å²) >= 11 is 7.50. The number of hydrogen-bond donors (Lipinski definition) is 2. The third kappa shape index (κ3) is 5.12. The van der Waals surface area contributed by atoms with E-state index in [2.05, 4.69) is 0 Å². The van der Waals surface area contributed by atoms with Crippen molar-refractivity contribution in [3.8, 4) is 0 Å². The summed E-state index contributed by atoms with van der Waals surface area (Å²) in [6.07, 6.45) is 1.37. The number of thioether (sulfide) groups is 1. The number of likely N-dealkylation sites (tertiary alicyclic amines) is 1. The van der Waals surface area contributed by atoms with Crippen LogP contribution >= 0.6 is 23.4 Å². The fraction of sp³-hybridized carbons (Fsp3) is 0.500. The predicted octanol–water partition coefficient (Wildman–Crippen LogP) is 2.65. The van der Waals surface area contributed by atoms with Crippen LogP contribution < -0.4 is 0 Å². The van der Waals surface area contributed by atoms with Crippen molar-refractivity contribution in [3.63, 3.8) is 0 Å². The summed E-state index contributed by atoms with van der Waals surface area (Å²) < 4.78 is 0. The molecule has 0 radical (unpaired) electrons. The average Bonchev–Trinajstić information content (AvgIpc) is 2.53. The number of aliphatic hydroxyl groups is 1. The molecule has 1 amide bonds. The Balaban J connectivity index is 1.68. The Bertz CT molecular complexity index is 556. The average molecular weight is 358 g/mol. The summed E-state index contributed by atoms with van der Waals surface area (Å²) in [5.74, 6) is -0.349. The van der Waals surface area contributed by atoms with E-state index in [0.717, 1.165) is 17.1 Å². The van der Waals surface area contributed by atoms with Gasteiger partial charge in [0.2, 0.25) is 5.91 Å². The number of hydrogen-bond acceptors (Lipinski definition) is 4. The van der Waals surface area contributed by atoms with Crippen molar-refractivity contribution in [2.75, 3.05) is 18.8 Å². The van der Waals surface area contributed by atoms with Gasteiger partial charge >= 0.3 is 5.97 Å². The number of carboxylic acid groups (broad SMARTS) is 1. The number of carbonyl (C=O) groups excluding carboxylic acids is 1. The van der Waals surface area contributed by atoms with Gasteiger partial charge in [0.1, 0.15) is 0 Å². The second-order valence-electron chi connectivity index (χ2n) is 5.62. The molecule has 1 aliphatic heterocycles. The highest BCUT2D eigenvalue weighted by Crippen LogP contribution is 2.24. The lowest BCUT2D eigenvalue weighted by molar-refractivity contribution is -0.165. The first-order valence-electron chi connectivity index (χ1n) is 7.53. The van der Waals surface area contributed by atoms with Crippen molar-refractivity contribution < 1.29 is 19.8 Å². The zero-order chi connectivity index (χ0) is 16.9. The molecule has 2 N–H and O–H groups in total. The number of aliphatic carboxylic acids is 1. The first-order valence-corrected chi connectivity index (χ1v) is 8.89. The topological polar surface area (TPSA) is 77.8 Å². The maximum atomic E-state index is 12.1. The van der Waals surface area contributed by atoms with Gasteiger partial charge < -0.3 is 15.1 Å². The van der Waals surface area contributed by atoms with Gasteiger partial charge in [0.15, 0.2) is 5.60 Å². The molecule has 5 nitrogen and oxygen atoms in total. The monoisotopic (exact) mass is 357 g/mol. The van der Waals surface area contributed by atoms with Crippen LogP contribution in [0.4, 0.5) is 0 Å². The van der Waals surface area contributed by atoms with Crippen LogP contribution in [0.2, 0.25) is 5.02 Å². The molecular formula is C16H20ClNO4S. The van der Waals surface area contributed by atoms with E-state index in [1.165, 1.54) is 0 Å². The standard InChI is InChI=1S/C16H20ClNO4S/c17-12-3-5-13(6-4-12)23-11-1-2-14(19)18-9-7-16(22,8-10-18)15(20)21/h3-6,22H,1-2,7-11H2,(H,20,21). The van der Waals surface area contributed by atoms with Gasteiger partial charge in [-0.1, -0.05) is 11.6 Å². The SMILES string of the molecule is O=C(CCCSc1ccc(Cl)cc1)N1CCC(O)(C(=O)O)CC1. The van der Waals surface area contributed by atoms with Crippen molar-refractivity contribution in [3.05, 3.63) is 29.3 Å². The minimum absolute atomic E-state index is 0.0224. The summed E-state index contributed by atoms with van der Waals surface area (Å²) in [6.45, 7) is 0.595. The van der Waals surface area contributed by atoms with Crippen molar-refractivity contribution in [1.29, 1.82) is 0 Å². The van der Waals surface area contributed by atoms with Gasteiger partial charge in [0.25, 0.3) is 0 Å². The van der Waals surface area contributed by atoms with E-state index in [1.807, 2.05) is 24.3 Å². The van der Waals surface area contributed by atoms with Gasteiger partial charge in [-0.15, -0.1) is 11.8 Å². The lowest BCUT2D eigenvalue weighted by Crippen LogP contribution is -2.50. The Morgan fingerprint density at radius 2 is 1.83 bits per heavy atom. The molecule has 0 atom stereocenters. The van der Waals surface area contributed by atoms with Crippen molar-refractivity contribution >= 4 is 35.2 Å². The van der Waals surface area contributed by atoms with Crippen LogP contribution in [0, 0.1) is 0 Å². The van der Waals surface area contributed by atoms with E-state index < -0.39 is 11.6 Å². The molecule has 0 unspecified atom stereocenters. The van der Waals surface area contributed by atoms with Gasteiger partial charge in [0, 0.05) is 42.3 Å². The number of nitrogens with zero attached hydrogens (tertiary/aromatic N) is 1. The molecule has 2 rings (SSSR count). The number of carboxylic acids is 1. The van der Waals surface area contributed by atoms with E-state index in [4.69, 9.17) is 16.7 Å². The molecule has 1 saturated heterocycles. The first kappa shape index (κ1) is 18.1. The molecule has 126 valence electrons. The minimum Gasteiger partial charge on any atom is -0.479 e. The minimum atomic E-state index is -1.68. The van der Waals surface area contributed by atoms with E-state index in [0.29, 0.717) is 24.5 Å². The molecule has 1 heterocycles. The van der Waals surface area contributed by atoms with Crippen LogP contribution in [0.25, 0.3) is 0 Å². The molecule has 0 bridgehead atoms. The third-order valence-corrected chi connectivity index (χ3v) is 5.31. The number of amides is 1. The highest BCUT2D eigenvalue weighted by atomic mass is 35.5. The van der Waals surface area contributed by atoms with E-state index in [-0.39, 0.29) is 18.7 Å². The Hall–Kier alpha value is -1.24. The number of halogens is 1. The van der Waals surface area contributed by atoms with Crippen molar-refractivity contribution in [2.24, 2.45) is 0 Å². The van der Waals surface area contributed by atoms with Gasteiger partial charge in [-0.25, -0.2) is 4.79 Å². The lowest BCUT2D eigenvalue weighted by atomic mass is 9.91. The van der Waals surface area contributed by atoms with Crippen LogP contribution in [-0.4, -0.2) is 51.4 Å². The second kappa shape index (κ2) is 8.04. The highest BCUT2D eigenvalue weighted by molar-refractivity contribution is 7.99. The van der Waals surface area contributed by atoms with Crippen molar-refractivity contribution in [2.45, 2.75) is 36.2 Å². The van der Waals surface area contributed by atoms with Crippen LogP contribution in [0.15, 0.2) is 29.2 Å². The molecule has 0 aliphatic carbocycles. The maximum Gasteiger partial charge on any atom is 0.335 e. The number of benzene rings is 1. The van der Waals surface area contributed by atoms with Gasteiger partial charge in [-0.05, 0) is 36.4 Å². The van der Waals surface area contributed by atoms with Crippen LogP contribution in [0.5, 0.6) is 0 Å². The molecule has 0 spiro atoms.